The molecule has 0 saturated heterocycles. The highest BCUT2D eigenvalue weighted by Crippen LogP contribution is 2.31. The van der Waals surface area contributed by atoms with Gasteiger partial charge in [-0.25, -0.2) is 4.79 Å². The van der Waals surface area contributed by atoms with Crippen LogP contribution in [-0.2, 0) is 17.9 Å². The monoisotopic (exact) mass is 518 g/mol. The lowest BCUT2D eigenvalue weighted by Gasteiger charge is -2.24. The van der Waals surface area contributed by atoms with Crippen LogP contribution in [0.2, 0.25) is 0 Å². The van der Waals surface area contributed by atoms with E-state index in [1.54, 1.807) is 18.2 Å². The third-order valence-corrected chi connectivity index (χ3v) is 7.15. The molecular formula is C28H27FN4O3S. The maximum absolute atomic E-state index is 13.3. The van der Waals surface area contributed by atoms with Crippen molar-refractivity contribution in [3.05, 3.63) is 100 Å². The maximum Gasteiger partial charge on any atom is 0.414 e. The van der Waals surface area contributed by atoms with E-state index in [0.717, 1.165) is 29.7 Å². The van der Waals surface area contributed by atoms with Gasteiger partial charge in [-0.2, -0.15) is 5.10 Å². The number of carbonyl (C=O) groups is 1. The van der Waals surface area contributed by atoms with Gasteiger partial charge in [-0.3, -0.25) is 14.7 Å². The van der Waals surface area contributed by atoms with Crippen LogP contribution in [0.25, 0.3) is 10.8 Å². The van der Waals surface area contributed by atoms with Gasteiger partial charge in [0.05, 0.1) is 18.1 Å². The van der Waals surface area contributed by atoms with Gasteiger partial charge in [-0.15, -0.1) is 7.97 Å². The van der Waals surface area contributed by atoms with E-state index in [-0.39, 0.29) is 25.5 Å². The average molecular weight is 519 g/mol. The lowest BCUT2D eigenvalue weighted by molar-refractivity contribution is 0.146. The normalized spacial score (nSPS) is 14.0. The molecule has 1 aliphatic carbocycles. The Kier molecular flexibility index (Phi) is 7.79. The molecule has 0 radical (unpaired) electrons. The summed E-state index contributed by atoms with van der Waals surface area (Å²) in [5.41, 5.74) is 2.81. The van der Waals surface area contributed by atoms with Crippen LogP contribution in [0.4, 0.5) is 14.4 Å². The summed E-state index contributed by atoms with van der Waals surface area (Å²) in [6.07, 6.45) is 8.79. The zero-order valence-corrected chi connectivity index (χ0v) is 21.1. The fourth-order valence-electron chi connectivity index (χ4n) is 4.75. The Morgan fingerprint density at radius 1 is 1.03 bits per heavy atom. The van der Waals surface area contributed by atoms with Crippen molar-refractivity contribution in [1.82, 2.24) is 14.2 Å². The van der Waals surface area contributed by atoms with Crippen molar-refractivity contribution in [3.63, 3.8) is 0 Å². The van der Waals surface area contributed by atoms with Crippen molar-refractivity contribution in [2.75, 3.05) is 4.90 Å². The lowest BCUT2D eigenvalue weighted by atomic mass is 9.86. The van der Waals surface area contributed by atoms with Crippen LogP contribution in [0, 0.1) is 0 Å². The summed E-state index contributed by atoms with van der Waals surface area (Å²) < 4.78 is 19.3. The number of rotatable bonds is 7. The Morgan fingerprint density at radius 2 is 1.84 bits per heavy atom. The van der Waals surface area contributed by atoms with Gasteiger partial charge in [0.1, 0.15) is 6.61 Å². The van der Waals surface area contributed by atoms with Crippen molar-refractivity contribution >= 4 is 34.9 Å². The first-order valence-corrected chi connectivity index (χ1v) is 13.0. The first kappa shape index (κ1) is 25.0. The first-order chi connectivity index (χ1) is 18.1. The fourth-order valence-corrected chi connectivity index (χ4v) is 4.99. The molecule has 0 N–H and O–H groups in total. The number of benzene rings is 2. The topological polar surface area (TPSA) is 77.3 Å². The summed E-state index contributed by atoms with van der Waals surface area (Å²) in [6, 6.07) is 18.4. The van der Waals surface area contributed by atoms with E-state index >= 15 is 0 Å². The summed E-state index contributed by atoms with van der Waals surface area (Å²) in [5, 5.41) is 4.64. The molecule has 2 aromatic carbocycles. The van der Waals surface area contributed by atoms with Gasteiger partial charge in [0.2, 0.25) is 0 Å². The van der Waals surface area contributed by atoms with Gasteiger partial charge in [-0.1, -0.05) is 55.7 Å². The highest BCUT2D eigenvalue weighted by atomic mass is 32.2. The van der Waals surface area contributed by atoms with Crippen LogP contribution in [0.5, 0.6) is 0 Å². The van der Waals surface area contributed by atoms with Crippen molar-refractivity contribution in [2.24, 2.45) is 0 Å². The van der Waals surface area contributed by atoms with Crippen LogP contribution >= 0.6 is 12.3 Å². The minimum Gasteiger partial charge on any atom is -0.444 e. The van der Waals surface area contributed by atoms with Gasteiger partial charge in [0.15, 0.2) is 12.3 Å². The largest absolute Gasteiger partial charge is 0.444 e. The fraction of sp³-hybridized carbons (Fsp3) is 0.286. The van der Waals surface area contributed by atoms with E-state index in [9.17, 15) is 13.5 Å². The van der Waals surface area contributed by atoms with Crippen LogP contribution < -0.4 is 10.5 Å². The number of anilines is 1. The lowest BCUT2D eigenvalue weighted by Crippen LogP contribution is -2.31. The molecule has 0 spiro atoms. The molecule has 2 aromatic heterocycles. The number of pyridine rings is 1. The van der Waals surface area contributed by atoms with Gasteiger partial charge in [0, 0.05) is 28.9 Å². The highest BCUT2D eigenvalue weighted by molar-refractivity contribution is 7.92. The summed E-state index contributed by atoms with van der Waals surface area (Å²) in [5.74, 6) is 0.495. The number of hydrogen-bond donors (Lipinski definition) is 0. The smallest absolute Gasteiger partial charge is 0.414 e. The highest BCUT2D eigenvalue weighted by Gasteiger charge is 2.21. The Morgan fingerprint density at radius 3 is 2.57 bits per heavy atom. The predicted molar refractivity (Wildman–Crippen MR) is 143 cm³/mol. The molecule has 0 unspecified atom stereocenters. The van der Waals surface area contributed by atoms with Crippen LogP contribution in [0.1, 0.15) is 54.8 Å². The zero-order valence-electron chi connectivity index (χ0n) is 20.3. The van der Waals surface area contributed by atoms with E-state index < -0.39 is 11.7 Å². The minimum absolute atomic E-state index is 0.128. The molecule has 0 bridgehead atoms. The van der Waals surface area contributed by atoms with E-state index in [0.29, 0.717) is 26.5 Å². The Bertz CT molecular complexity index is 1420. The van der Waals surface area contributed by atoms with Gasteiger partial charge < -0.3 is 4.74 Å². The predicted octanol–water partition coefficient (Wildman–Crippen LogP) is 6.56. The second-order valence-corrected chi connectivity index (χ2v) is 9.70. The Hall–Kier alpha value is -3.72. The first-order valence-electron chi connectivity index (χ1n) is 12.4. The van der Waals surface area contributed by atoms with Crippen molar-refractivity contribution in [2.45, 2.75) is 51.2 Å². The van der Waals surface area contributed by atoms with E-state index in [2.05, 4.69) is 11.2 Å². The Balaban J connectivity index is 1.42. The van der Waals surface area contributed by atoms with Crippen LogP contribution in [0.15, 0.2) is 77.9 Å². The number of nitrogens with zero attached hydrogens (tertiary/aromatic N) is 4. The molecule has 0 aliphatic heterocycles. The number of hydrogen-bond acceptors (Lipinski definition) is 6. The number of carbonyl (C=O) groups excluding carboxylic acids is 1. The van der Waals surface area contributed by atoms with Gasteiger partial charge in [-0.05, 0) is 48.2 Å². The van der Waals surface area contributed by atoms with Gasteiger partial charge in [0.25, 0.3) is 5.56 Å². The van der Waals surface area contributed by atoms with E-state index in [1.165, 1.54) is 30.4 Å². The molecule has 7 nitrogen and oxygen atoms in total. The Labute approximate surface area is 218 Å². The van der Waals surface area contributed by atoms with Crippen LogP contribution in [0.3, 0.4) is 0 Å². The van der Waals surface area contributed by atoms with Crippen molar-refractivity contribution < 1.29 is 13.4 Å². The number of fused-ring (bicyclic) bond motifs is 1. The van der Waals surface area contributed by atoms with E-state index in [4.69, 9.17) is 9.72 Å². The molecule has 9 heteroatoms. The molecule has 2 heterocycles. The number of amides is 1. The van der Waals surface area contributed by atoms with E-state index in [1.807, 2.05) is 42.6 Å². The van der Waals surface area contributed by atoms with Crippen molar-refractivity contribution in [3.8, 4) is 0 Å². The molecule has 1 amide bonds. The van der Waals surface area contributed by atoms with Gasteiger partial charge >= 0.3 is 6.09 Å². The molecule has 1 saturated carbocycles. The molecule has 1 aliphatic rings. The average Bonchev–Trinajstić information content (AvgIpc) is 2.96. The second kappa shape index (κ2) is 11.6. The molecule has 37 heavy (non-hydrogen) atoms. The molecule has 1 fully saturated rings. The number of aromatic nitrogens is 3. The summed E-state index contributed by atoms with van der Waals surface area (Å²) in [7, 11) is 0. The SMILES string of the molecule is O=C(OCc1ccccc1)N(Cc1ccc(C2CCCCC2)nc1)c1ccc2c(=O)n(SF)ncc2c1. The minimum atomic E-state index is -0.558. The molecule has 5 rings (SSSR count). The quantitative estimate of drug-likeness (QED) is 0.276. The molecule has 190 valence electrons. The number of ether oxygens (including phenoxy) is 1. The van der Waals surface area contributed by atoms with Crippen molar-refractivity contribution in [1.29, 1.82) is 0 Å². The molecular weight excluding hydrogens is 491 g/mol. The van der Waals surface area contributed by atoms with Crippen LogP contribution in [-0.4, -0.2) is 20.3 Å². The second-order valence-electron chi connectivity index (χ2n) is 9.22. The third kappa shape index (κ3) is 5.83. The standard InChI is InChI=1S/C28H27FN4O3S/c29-37-33-27(34)25-13-12-24(15-23(25)17-31-33)32(28(35)36-19-20-7-3-1-4-8-20)18-21-11-14-26(30-16-21)22-9-5-2-6-10-22/h1,3-4,7-8,11-17,22H,2,5-6,9-10,18-19H2. The number of halogens is 1. The zero-order chi connectivity index (χ0) is 25.6. The molecule has 0 atom stereocenters. The molecule has 4 aromatic rings. The maximum atomic E-state index is 13.3. The summed E-state index contributed by atoms with van der Waals surface area (Å²) in [4.78, 5) is 31.9. The third-order valence-electron chi connectivity index (χ3n) is 6.76. The summed E-state index contributed by atoms with van der Waals surface area (Å²) >= 11 is -0.255. The summed E-state index contributed by atoms with van der Waals surface area (Å²) in [6.45, 7) is 0.366.